The minimum atomic E-state index is -0.720. The SMILES string of the molecule is CC(C)Oc1ccc(NC2CC2C(=O)O)cc1. The van der Waals surface area contributed by atoms with Gasteiger partial charge in [-0.2, -0.15) is 0 Å². The third-order valence-electron chi connectivity index (χ3n) is 2.69. The Balaban J connectivity index is 1.89. The van der Waals surface area contributed by atoms with E-state index in [1.807, 2.05) is 38.1 Å². The average molecular weight is 235 g/mol. The van der Waals surface area contributed by atoms with Gasteiger partial charge in [-0.25, -0.2) is 0 Å². The summed E-state index contributed by atoms with van der Waals surface area (Å²) in [5.74, 6) is -0.125. The molecule has 0 radical (unpaired) electrons. The highest BCUT2D eigenvalue weighted by Crippen LogP contribution is 2.34. The van der Waals surface area contributed by atoms with Gasteiger partial charge in [0.25, 0.3) is 0 Å². The predicted molar refractivity (Wildman–Crippen MR) is 65.4 cm³/mol. The lowest BCUT2D eigenvalue weighted by molar-refractivity contribution is -0.138. The summed E-state index contributed by atoms with van der Waals surface area (Å²) in [5.41, 5.74) is 0.940. The summed E-state index contributed by atoms with van der Waals surface area (Å²) in [5, 5.41) is 12.0. The number of rotatable bonds is 5. The van der Waals surface area contributed by atoms with Crippen LogP contribution in [0.2, 0.25) is 0 Å². The molecule has 17 heavy (non-hydrogen) atoms. The summed E-state index contributed by atoms with van der Waals surface area (Å²) < 4.78 is 5.53. The van der Waals surface area contributed by atoms with Gasteiger partial charge < -0.3 is 15.2 Å². The topological polar surface area (TPSA) is 58.6 Å². The van der Waals surface area contributed by atoms with E-state index >= 15 is 0 Å². The zero-order chi connectivity index (χ0) is 12.4. The lowest BCUT2D eigenvalue weighted by Gasteiger charge is -2.10. The second-order valence-electron chi connectivity index (χ2n) is 4.62. The smallest absolute Gasteiger partial charge is 0.308 e. The van der Waals surface area contributed by atoms with Crippen LogP contribution in [-0.2, 0) is 4.79 Å². The molecule has 0 aliphatic heterocycles. The molecule has 1 aliphatic carbocycles. The Bertz CT molecular complexity index is 400. The largest absolute Gasteiger partial charge is 0.491 e. The van der Waals surface area contributed by atoms with Crippen LogP contribution in [0.4, 0.5) is 5.69 Å². The molecule has 1 aromatic carbocycles. The molecule has 1 aliphatic rings. The minimum absolute atomic E-state index is 0.0735. The zero-order valence-electron chi connectivity index (χ0n) is 10.0. The number of carbonyl (C=O) groups is 1. The Morgan fingerprint density at radius 3 is 2.53 bits per heavy atom. The lowest BCUT2D eigenvalue weighted by Crippen LogP contribution is -2.10. The second-order valence-corrected chi connectivity index (χ2v) is 4.62. The number of anilines is 1. The first-order valence-electron chi connectivity index (χ1n) is 5.82. The van der Waals surface area contributed by atoms with Gasteiger partial charge in [0.15, 0.2) is 0 Å². The number of carboxylic acids is 1. The first-order valence-corrected chi connectivity index (χ1v) is 5.82. The van der Waals surface area contributed by atoms with Gasteiger partial charge in [-0.1, -0.05) is 0 Å². The van der Waals surface area contributed by atoms with E-state index in [9.17, 15) is 4.79 Å². The van der Waals surface area contributed by atoms with Gasteiger partial charge in [0.2, 0.25) is 0 Å². The second kappa shape index (κ2) is 4.65. The van der Waals surface area contributed by atoms with Crippen molar-refractivity contribution in [2.45, 2.75) is 32.4 Å². The third kappa shape index (κ3) is 3.12. The van der Waals surface area contributed by atoms with E-state index in [1.54, 1.807) is 0 Å². The molecular weight excluding hydrogens is 218 g/mol. The van der Waals surface area contributed by atoms with Crippen LogP contribution in [0.3, 0.4) is 0 Å². The molecule has 1 fully saturated rings. The molecule has 4 nitrogen and oxygen atoms in total. The fourth-order valence-electron chi connectivity index (χ4n) is 1.74. The van der Waals surface area contributed by atoms with Gasteiger partial charge in [0.1, 0.15) is 5.75 Å². The summed E-state index contributed by atoms with van der Waals surface area (Å²) in [6.07, 6.45) is 0.869. The molecule has 0 saturated heterocycles. The molecule has 2 atom stereocenters. The molecular formula is C13H17NO3. The van der Waals surface area contributed by atoms with Crippen molar-refractivity contribution in [2.24, 2.45) is 5.92 Å². The van der Waals surface area contributed by atoms with Crippen molar-refractivity contribution in [2.75, 3.05) is 5.32 Å². The first-order chi connectivity index (χ1) is 8.06. The number of aliphatic carboxylic acids is 1. The van der Waals surface area contributed by atoms with Crippen LogP contribution >= 0.6 is 0 Å². The maximum absolute atomic E-state index is 10.7. The van der Waals surface area contributed by atoms with Gasteiger partial charge in [0.05, 0.1) is 12.0 Å². The zero-order valence-corrected chi connectivity index (χ0v) is 10.0. The van der Waals surface area contributed by atoms with E-state index in [0.29, 0.717) is 6.42 Å². The standard InChI is InChI=1S/C13H17NO3/c1-8(2)17-10-5-3-9(4-6-10)14-12-7-11(12)13(15)16/h3-6,8,11-12,14H,7H2,1-2H3,(H,15,16). The summed E-state index contributed by atoms with van der Waals surface area (Å²) in [6, 6.07) is 7.68. The average Bonchev–Trinajstić information content (AvgIpc) is 3.00. The normalized spacial score (nSPS) is 22.3. The number of nitrogens with one attached hydrogen (secondary N) is 1. The van der Waals surface area contributed by atoms with Crippen LogP contribution < -0.4 is 10.1 Å². The van der Waals surface area contributed by atoms with E-state index in [0.717, 1.165) is 11.4 Å². The van der Waals surface area contributed by atoms with Gasteiger partial charge in [0, 0.05) is 11.7 Å². The molecule has 2 N–H and O–H groups in total. The van der Waals surface area contributed by atoms with Crippen LogP contribution in [0.25, 0.3) is 0 Å². The number of hydrogen-bond acceptors (Lipinski definition) is 3. The van der Waals surface area contributed by atoms with Crippen molar-refractivity contribution in [1.82, 2.24) is 0 Å². The highest BCUT2D eigenvalue weighted by Gasteiger charge is 2.43. The summed E-state index contributed by atoms with van der Waals surface area (Å²) in [6.45, 7) is 3.96. The van der Waals surface area contributed by atoms with Crippen LogP contribution in [0.15, 0.2) is 24.3 Å². The van der Waals surface area contributed by atoms with Crippen molar-refractivity contribution in [3.8, 4) is 5.75 Å². The number of carboxylic acid groups (broad SMARTS) is 1. The quantitative estimate of drug-likeness (QED) is 0.822. The highest BCUT2D eigenvalue weighted by molar-refractivity contribution is 5.75. The molecule has 0 spiro atoms. The molecule has 0 aromatic heterocycles. The Kier molecular flexibility index (Phi) is 3.22. The molecule has 1 aromatic rings. The van der Waals surface area contributed by atoms with Crippen molar-refractivity contribution in [1.29, 1.82) is 0 Å². The summed E-state index contributed by atoms with van der Waals surface area (Å²) >= 11 is 0. The molecule has 92 valence electrons. The molecule has 0 amide bonds. The molecule has 2 rings (SSSR count). The highest BCUT2D eigenvalue weighted by atomic mass is 16.5. The predicted octanol–water partition coefficient (Wildman–Crippen LogP) is 2.36. The fourth-order valence-corrected chi connectivity index (χ4v) is 1.74. The molecule has 4 heteroatoms. The molecule has 2 unspecified atom stereocenters. The summed E-state index contributed by atoms with van der Waals surface area (Å²) in [4.78, 5) is 10.7. The lowest BCUT2D eigenvalue weighted by atomic mass is 10.3. The van der Waals surface area contributed by atoms with Crippen LogP contribution in [0.1, 0.15) is 20.3 Å². The van der Waals surface area contributed by atoms with Crippen LogP contribution in [0, 0.1) is 5.92 Å². The van der Waals surface area contributed by atoms with Gasteiger partial charge in [-0.3, -0.25) is 4.79 Å². The van der Waals surface area contributed by atoms with Crippen molar-refractivity contribution >= 4 is 11.7 Å². The van der Waals surface area contributed by atoms with Gasteiger partial charge in [-0.05, 0) is 44.5 Å². The monoisotopic (exact) mass is 235 g/mol. The number of hydrogen-bond donors (Lipinski definition) is 2. The van der Waals surface area contributed by atoms with E-state index in [2.05, 4.69) is 5.32 Å². The van der Waals surface area contributed by atoms with Crippen molar-refractivity contribution in [3.05, 3.63) is 24.3 Å². The van der Waals surface area contributed by atoms with Gasteiger partial charge in [-0.15, -0.1) is 0 Å². The first kappa shape index (κ1) is 11.8. The molecule has 0 heterocycles. The van der Waals surface area contributed by atoms with Crippen LogP contribution in [-0.4, -0.2) is 23.2 Å². The summed E-state index contributed by atoms with van der Waals surface area (Å²) in [7, 11) is 0. The molecule has 1 saturated carbocycles. The van der Waals surface area contributed by atoms with E-state index in [-0.39, 0.29) is 18.1 Å². The van der Waals surface area contributed by atoms with Crippen molar-refractivity contribution < 1.29 is 14.6 Å². The Labute approximate surface area is 101 Å². The maximum Gasteiger partial charge on any atom is 0.308 e. The van der Waals surface area contributed by atoms with E-state index in [1.165, 1.54) is 0 Å². The van der Waals surface area contributed by atoms with Gasteiger partial charge >= 0.3 is 5.97 Å². The van der Waals surface area contributed by atoms with Crippen molar-refractivity contribution in [3.63, 3.8) is 0 Å². The Morgan fingerprint density at radius 1 is 1.41 bits per heavy atom. The Hall–Kier alpha value is -1.71. The van der Waals surface area contributed by atoms with E-state index in [4.69, 9.17) is 9.84 Å². The number of ether oxygens (including phenoxy) is 1. The third-order valence-corrected chi connectivity index (χ3v) is 2.69. The van der Waals surface area contributed by atoms with Crippen LogP contribution in [0.5, 0.6) is 5.75 Å². The maximum atomic E-state index is 10.7. The Morgan fingerprint density at radius 2 is 2.06 bits per heavy atom. The minimum Gasteiger partial charge on any atom is -0.491 e. The van der Waals surface area contributed by atoms with E-state index < -0.39 is 5.97 Å². The molecule has 0 bridgehead atoms. The number of benzene rings is 1. The fraction of sp³-hybridized carbons (Fsp3) is 0.462.